The average Bonchev–Trinajstić information content (AvgIpc) is 2.76. The Balaban J connectivity index is 2.27. The van der Waals surface area contributed by atoms with Crippen molar-refractivity contribution >= 4 is 24.1 Å². The van der Waals surface area contributed by atoms with Gasteiger partial charge < -0.3 is 29.6 Å². The van der Waals surface area contributed by atoms with Gasteiger partial charge in [-0.2, -0.15) is 0 Å². The van der Waals surface area contributed by atoms with E-state index < -0.39 is 23.6 Å². The minimum Gasteiger partial charge on any atom is -0.462 e. The van der Waals surface area contributed by atoms with Crippen molar-refractivity contribution in [3.8, 4) is 0 Å². The maximum atomic E-state index is 11.8. The third-order valence-electron chi connectivity index (χ3n) is 3.93. The molecule has 0 aliphatic rings. The van der Waals surface area contributed by atoms with Gasteiger partial charge >= 0.3 is 24.1 Å². The number of carbonyl (C=O) groups excluding carboxylic acids is 4. The van der Waals surface area contributed by atoms with Crippen LogP contribution in [0.25, 0.3) is 0 Å². The third-order valence-corrected chi connectivity index (χ3v) is 3.93. The molecule has 0 unspecified atom stereocenters. The van der Waals surface area contributed by atoms with Crippen molar-refractivity contribution < 1.29 is 38.1 Å². The van der Waals surface area contributed by atoms with Gasteiger partial charge in [0.25, 0.3) is 0 Å². The summed E-state index contributed by atoms with van der Waals surface area (Å²) in [6.45, 7) is 10.4. The van der Waals surface area contributed by atoms with Crippen LogP contribution in [-0.4, -0.2) is 50.6 Å². The summed E-state index contributed by atoms with van der Waals surface area (Å²) in [4.78, 5) is 46.3. The first kappa shape index (κ1) is 27.5. The minimum absolute atomic E-state index is 0.0168. The van der Waals surface area contributed by atoms with E-state index in [4.69, 9.17) is 18.9 Å². The molecule has 182 valence electrons. The zero-order chi connectivity index (χ0) is 24.9. The summed E-state index contributed by atoms with van der Waals surface area (Å²) in [6, 6.07) is 7.21. The predicted molar refractivity (Wildman–Crippen MR) is 119 cm³/mol. The summed E-state index contributed by atoms with van der Waals surface area (Å²) < 4.78 is 19.7. The molecule has 0 saturated carbocycles. The Morgan fingerprint density at radius 2 is 1.27 bits per heavy atom. The van der Waals surface area contributed by atoms with Gasteiger partial charge in [0.15, 0.2) is 0 Å². The summed E-state index contributed by atoms with van der Waals surface area (Å²) in [5.74, 6) is -0.913. The molecule has 0 spiro atoms. The zero-order valence-electron chi connectivity index (χ0n) is 19.5. The van der Waals surface area contributed by atoms with E-state index in [0.29, 0.717) is 0 Å². The molecule has 0 aromatic heterocycles. The first-order valence-corrected chi connectivity index (χ1v) is 10.4. The number of ether oxygens (including phenoxy) is 4. The number of hydrogen-bond donors (Lipinski definition) is 2. The number of carbonyl (C=O) groups is 4. The van der Waals surface area contributed by atoms with Crippen LogP contribution in [0.5, 0.6) is 0 Å². The Morgan fingerprint density at radius 3 is 1.73 bits per heavy atom. The van der Waals surface area contributed by atoms with Crippen LogP contribution in [-0.2, 0) is 41.6 Å². The van der Waals surface area contributed by atoms with E-state index in [1.165, 1.54) is 6.92 Å². The number of hydrogen-bond acceptors (Lipinski definition) is 8. The van der Waals surface area contributed by atoms with Crippen LogP contribution < -0.4 is 10.6 Å². The van der Waals surface area contributed by atoms with E-state index in [-0.39, 0.29) is 51.1 Å². The molecule has 0 aliphatic carbocycles. The lowest BCUT2D eigenvalue weighted by Gasteiger charge is -2.16. The molecule has 0 saturated heterocycles. The number of nitrogens with one attached hydrogen (secondary N) is 2. The fourth-order valence-corrected chi connectivity index (χ4v) is 2.18. The molecular formula is C23H32N2O8. The third kappa shape index (κ3) is 12.2. The summed E-state index contributed by atoms with van der Waals surface area (Å²) in [5.41, 5.74) is 1.25. The molecule has 33 heavy (non-hydrogen) atoms. The summed E-state index contributed by atoms with van der Waals surface area (Å²) >= 11 is 0. The predicted octanol–water partition coefficient (Wildman–Crippen LogP) is 2.85. The molecule has 10 heteroatoms. The maximum absolute atomic E-state index is 11.8. The van der Waals surface area contributed by atoms with E-state index in [0.717, 1.165) is 11.1 Å². The number of esters is 2. The van der Waals surface area contributed by atoms with Gasteiger partial charge in [-0.25, -0.2) is 14.4 Å². The van der Waals surface area contributed by atoms with Gasteiger partial charge in [0, 0.05) is 18.7 Å². The van der Waals surface area contributed by atoms with Crippen LogP contribution in [0.1, 0.15) is 38.8 Å². The smallest absolute Gasteiger partial charge is 0.407 e. The Labute approximate surface area is 193 Å². The van der Waals surface area contributed by atoms with Crippen LogP contribution in [0.3, 0.4) is 0 Å². The normalized spacial score (nSPS) is 10.5. The second-order valence-corrected chi connectivity index (χ2v) is 8.10. The summed E-state index contributed by atoms with van der Waals surface area (Å²) in [7, 11) is 0. The molecule has 0 aliphatic heterocycles. The Bertz CT molecular complexity index is 845. The largest absolute Gasteiger partial charge is 0.462 e. The molecule has 2 amide bonds. The molecule has 1 aromatic carbocycles. The van der Waals surface area contributed by atoms with Gasteiger partial charge in [-0.3, -0.25) is 4.79 Å². The van der Waals surface area contributed by atoms with Crippen molar-refractivity contribution in [1.29, 1.82) is 0 Å². The molecular weight excluding hydrogens is 432 g/mol. The van der Waals surface area contributed by atoms with Gasteiger partial charge in [-0.05, 0) is 38.8 Å². The number of rotatable bonds is 11. The van der Waals surface area contributed by atoms with Gasteiger partial charge in [0.05, 0.1) is 5.41 Å². The van der Waals surface area contributed by atoms with Crippen molar-refractivity contribution in [2.45, 2.75) is 40.8 Å². The van der Waals surface area contributed by atoms with E-state index >= 15 is 0 Å². The molecule has 0 atom stereocenters. The fraction of sp³-hybridized carbons (Fsp3) is 0.478. The summed E-state index contributed by atoms with van der Waals surface area (Å²) in [6.07, 6.45) is -1.29. The molecule has 0 radical (unpaired) electrons. The lowest BCUT2D eigenvalue weighted by molar-refractivity contribution is -0.153. The number of benzene rings is 1. The van der Waals surface area contributed by atoms with Crippen LogP contribution in [0.4, 0.5) is 9.59 Å². The quantitative estimate of drug-likeness (QED) is 0.221. The number of amides is 2. The molecule has 1 rings (SSSR count). The maximum Gasteiger partial charge on any atom is 0.407 e. The second kappa shape index (κ2) is 13.8. The van der Waals surface area contributed by atoms with Crippen molar-refractivity contribution in [2.75, 3.05) is 26.4 Å². The van der Waals surface area contributed by atoms with E-state index in [9.17, 15) is 19.2 Å². The number of alkyl carbamates (subject to hydrolysis) is 2. The molecule has 1 aromatic rings. The van der Waals surface area contributed by atoms with Gasteiger partial charge in [-0.15, -0.1) is 0 Å². The molecule has 0 fully saturated rings. The highest BCUT2D eigenvalue weighted by molar-refractivity contribution is 5.86. The van der Waals surface area contributed by atoms with Crippen LogP contribution in [0.15, 0.2) is 36.4 Å². The first-order valence-electron chi connectivity index (χ1n) is 10.4. The molecule has 0 bridgehead atoms. The van der Waals surface area contributed by atoms with E-state index in [1.54, 1.807) is 39.0 Å². The average molecular weight is 465 g/mol. The highest BCUT2D eigenvalue weighted by Crippen LogP contribution is 2.14. The monoisotopic (exact) mass is 464 g/mol. The van der Waals surface area contributed by atoms with Gasteiger partial charge in [0.2, 0.25) is 0 Å². The lowest BCUT2D eigenvalue weighted by Crippen LogP contribution is -2.28. The van der Waals surface area contributed by atoms with Crippen molar-refractivity contribution in [3.63, 3.8) is 0 Å². The van der Waals surface area contributed by atoms with E-state index in [1.807, 2.05) is 6.07 Å². The second-order valence-electron chi connectivity index (χ2n) is 8.10. The highest BCUT2D eigenvalue weighted by atomic mass is 16.6. The highest BCUT2D eigenvalue weighted by Gasteiger charge is 2.22. The first-order chi connectivity index (χ1) is 15.5. The fourth-order valence-electron chi connectivity index (χ4n) is 2.18. The molecule has 0 heterocycles. The zero-order valence-corrected chi connectivity index (χ0v) is 19.5. The van der Waals surface area contributed by atoms with Crippen LogP contribution in [0, 0.1) is 5.41 Å². The SMILES string of the molecule is C=C(C)C(=O)OCCOC(=O)NCc1cccc(CNC(=O)OCCOC(=O)C(C)(C)C)c1. The van der Waals surface area contributed by atoms with Crippen molar-refractivity contribution in [1.82, 2.24) is 10.6 Å². The molecule has 2 N–H and O–H groups in total. The van der Waals surface area contributed by atoms with Crippen LogP contribution in [0.2, 0.25) is 0 Å². The minimum atomic E-state index is -0.652. The summed E-state index contributed by atoms with van der Waals surface area (Å²) in [5, 5.41) is 5.18. The Kier molecular flexibility index (Phi) is 11.5. The van der Waals surface area contributed by atoms with Crippen LogP contribution >= 0.6 is 0 Å². The van der Waals surface area contributed by atoms with Gasteiger partial charge in [0.1, 0.15) is 26.4 Å². The van der Waals surface area contributed by atoms with E-state index in [2.05, 4.69) is 17.2 Å². The molecule has 10 nitrogen and oxygen atoms in total. The lowest BCUT2D eigenvalue weighted by atomic mass is 9.97. The van der Waals surface area contributed by atoms with Gasteiger partial charge in [-0.1, -0.05) is 30.8 Å². The standard InChI is InChI=1S/C23H32N2O8/c1-16(2)19(26)30-9-11-32-21(28)24-14-17-7-6-8-18(13-17)15-25-22(29)33-12-10-31-20(27)23(3,4)5/h6-8,13H,1,9-12,14-15H2,2-5H3,(H,24,28)(H,25,29). The Morgan fingerprint density at radius 1 is 0.818 bits per heavy atom. The Hall–Kier alpha value is -3.56. The topological polar surface area (TPSA) is 129 Å². The van der Waals surface area contributed by atoms with Crippen molar-refractivity contribution in [3.05, 3.63) is 47.5 Å². The van der Waals surface area contributed by atoms with Crippen molar-refractivity contribution in [2.24, 2.45) is 5.41 Å².